The fraction of sp³-hybridized carbons (Fsp3) is 0.909. The van der Waals surface area contributed by atoms with Crippen molar-refractivity contribution in [3.05, 3.63) is 0 Å². The number of halogens is 1. The summed E-state index contributed by atoms with van der Waals surface area (Å²) in [7, 11) is 0. The lowest BCUT2D eigenvalue weighted by molar-refractivity contribution is -0.125. The van der Waals surface area contributed by atoms with E-state index in [0.29, 0.717) is 11.8 Å². The minimum Gasteiger partial charge on any atom is -0.281 e. The number of carbonyl (C=O) groups is 1. The van der Waals surface area contributed by atoms with Crippen molar-refractivity contribution in [1.29, 1.82) is 0 Å². The van der Waals surface area contributed by atoms with Gasteiger partial charge in [-0.3, -0.25) is 4.79 Å². The van der Waals surface area contributed by atoms with E-state index in [1.807, 2.05) is 6.92 Å². The summed E-state index contributed by atoms with van der Waals surface area (Å²) in [5, 5.41) is -0.184. The fourth-order valence-electron chi connectivity index (χ4n) is 1.72. The van der Waals surface area contributed by atoms with Gasteiger partial charge in [-0.05, 0) is 23.4 Å². The number of hydrogen-bond donors (Lipinski definition) is 0. The van der Waals surface area contributed by atoms with Crippen LogP contribution in [0.2, 0.25) is 0 Å². The van der Waals surface area contributed by atoms with Crippen LogP contribution in [0.1, 0.15) is 47.5 Å². The van der Waals surface area contributed by atoms with E-state index in [1.165, 1.54) is 0 Å². The van der Waals surface area contributed by atoms with Gasteiger partial charge in [0, 0.05) is 5.41 Å². The Kier molecular flexibility index (Phi) is 4.98. The van der Waals surface area contributed by atoms with Crippen molar-refractivity contribution in [2.45, 2.75) is 47.5 Å². The van der Waals surface area contributed by atoms with Gasteiger partial charge in [-0.2, -0.15) is 0 Å². The Balaban J connectivity index is 4.82. The van der Waals surface area contributed by atoms with Crippen molar-refractivity contribution in [2.75, 3.05) is 0 Å². The molecular formula is C11H21ClO. The average molecular weight is 205 g/mol. The van der Waals surface area contributed by atoms with Gasteiger partial charge in [-0.15, -0.1) is 0 Å². The molecule has 0 fully saturated rings. The fourth-order valence-corrected chi connectivity index (χ4v) is 2.09. The van der Waals surface area contributed by atoms with E-state index in [-0.39, 0.29) is 10.7 Å². The van der Waals surface area contributed by atoms with Crippen molar-refractivity contribution in [2.24, 2.45) is 17.3 Å². The van der Waals surface area contributed by atoms with Crippen molar-refractivity contribution >= 4 is 16.8 Å². The molecule has 0 aromatic heterocycles. The molecule has 1 nitrogen and oxygen atoms in total. The standard InChI is InChI=1S/C11H21ClO/c1-6-8(3)11(5,10(12)13)9(4)7-2/h8-9H,6-7H2,1-5H3. The van der Waals surface area contributed by atoms with Gasteiger partial charge < -0.3 is 0 Å². The SMILES string of the molecule is CCC(C)C(C)(C(=O)Cl)C(C)CC. The van der Waals surface area contributed by atoms with Gasteiger partial charge >= 0.3 is 0 Å². The van der Waals surface area contributed by atoms with Crippen LogP contribution in [0.3, 0.4) is 0 Å². The van der Waals surface area contributed by atoms with E-state index in [4.69, 9.17) is 11.6 Å². The Morgan fingerprint density at radius 3 is 1.69 bits per heavy atom. The highest BCUT2D eigenvalue weighted by Crippen LogP contribution is 2.40. The summed E-state index contributed by atoms with van der Waals surface area (Å²) in [5.74, 6) is 0.708. The molecule has 0 aliphatic rings. The van der Waals surface area contributed by atoms with Crippen molar-refractivity contribution in [3.8, 4) is 0 Å². The van der Waals surface area contributed by atoms with Crippen LogP contribution < -0.4 is 0 Å². The van der Waals surface area contributed by atoms with E-state index in [0.717, 1.165) is 12.8 Å². The maximum atomic E-state index is 11.4. The molecule has 0 N–H and O–H groups in total. The third kappa shape index (κ3) is 2.46. The highest BCUT2D eigenvalue weighted by molar-refractivity contribution is 6.64. The first kappa shape index (κ1) is 13.0. The van der Waals surface area contributed by atoms with Gasteiger partial charge in [0.15, 0.2) is 0 Å². The largest absolute Gasteiger partial charge is 0.281 e. The van der Waals surface area contributed by atoms with Crippen LogP contribution in [0, 0.1) is 17.3 Å². The monoisotopic (exact) mass is 204 g/mol. The lowest BCUT2D eigenvalue weighted by Crippen LogP contribution is -2.37. The molecule has 0 amide bonds. The molecule has 13 heavy (non-hydrogen) atoms. The lowest BCUT2D eigenvalue weighted by Gasteiger charge is -2.36. The minimum atomic E-state index is -0.356. The van der Waals surface area contributed by atoms with E-state index in [1.54, 1.807) is 0 Å². The first-order valence-corrected chi connectivity index (χ1v) is 5.48. The summed E-state index contributed by atoms with van der Waals surface area (Å²) >= 11 is 5.69. The molecule has 2 atom stereocenters. The molecule has 0 saturated carbocycles. The number of carbonyl (C=O) groups excluding carboxylic acids is 1. The first-order chi connectivity index (χ1) is 5.91. The summed E-state index contributed by atoms with van der Waals surface area (Å²) in [6.45, 7) is 10.4. The molecule has 2 heteroatoms. The van der Waals surface area contributed by atoms with E-state index in [9.17, 15) is 4.79 Å². The molecule has 78 valence electrons. The zero-order chi connectivity index (χ0) is 10.6. The van der Waals surface area contributed by atoms with Gasteiger partial charge in [-0.1, -0.05) is 47.5 Å². The second-order valence-corrected chi connectivity index (χ2v) is 4.52. The Morgan fingerprint density at radius 2 is 1.54 bits per heavy atom. The molecule has 0 aromatic carbocycles. The molecule has 0 bridgehead atoms. The van der Waals surface area contributed by atoms with Crippen molar-refractivity contribution < 1.29 is 4.79 Å². The zero-order valence-electron chi connectivity index (χ0n) is 9.36. The Bertz CT molecular complexity index is 167. The van der Waals surface area contributed by atoms with E-state index in [2.05, 4.69) is 27.7 Å². The van der Waals surface area contributed by atoms with Gasteiger partial charge in [0.2, 0.25) is 5.24 Å². The predicted molar refractivity (Wildman–Crippen MR) is 57.9 cm³/mol. The molecule has 0 heterocycles. The van der Waals surface area contributed by atoms with Crippen LogP contribution in [0.5, 0.6) is 0 Å². The molecule has 2 unspecified atom stereocenters. The Hall–Kier alpha value is -0.0400. The molecule has 0 aliphatic heterocycles. The second-order valence-electron chi connectivity index (χ2n) is 4.17. The lowest BCUT2D eigenvalue weighted by atomic mass is 9.68. The molecule has 0 saturated heterocycles. The maximum absolute atomic E-state index is 11.4. The Morgan fingerprint density at radius 1 is 1.23 bits per heavy atom. The average Bonchev–Trinajstić information content (AvgIpc) is 2.13. The van der Waals surface area contributed by atoms with Crippen LogP contribution in [0.4, 0.5) is 0 Å². The smallest absolute Gasteiger partial charge is 0.228 e. The summed E-state index contributed by atoms with van der Waals surface area (Å²) in [4.78, 5) is 11.4. The van der Waals surface area contributed by atoms with Gasteiger partial charge in [0.25, 0.3) is 0 Å². The van der Waals surface area contributed by atoms with Crippen LogP contribution in [-0.2, 0) is 4.79 Å². The maximum Gasteiger partial charge on any atom is 0.228 e. The van der Waals surface area contributed by atoms with E-state index < -0.39 is 0 Å². The summed E-state index contributed by atoms with van der Waals surface area (Å²) in [5.41, 5.74) is -0.356. The third-order valence-electron chi connectivity index (χ3n) is 3.70. The highest BCUT2D eigenvalue weighted by atomic mass is 35.5. The van der Waals surface area contributed by atoms with Crippen LogP contribution in [0.25, 0.3) is 0 Å². The predicted octanol–water partition coefficient (Wildman–Crippen LogP) is 3.85. The van der Waals surface area contributed by atoms with Gasteiger partial charge in [-0.25, -0.2) is 0 Å². The van der Waals surface area contributed by atoms with Gasteiger partial charge in [0.05, 0.1) is 0 Å². The van der Waals surface area contributed by atoms with Crippen LogP contribution in [0.15, 0.2) is 0 Å². The molecule has 0 rings (SSSR count). The molecule has 0 spiro atoms. The number of hydrogen-bond acceptors (Lipinski definition) is 1. The first-order valence-electron chi connectivity index (χ1n) is 5.11. The molecular weight excluding hydrogens is 184 g/mol. The molecule has 0 radical (unpaired) electrons. The van der Waals surface area contributed by atoms with Gasteiger partial charge in [0.1, 0.15) is 0 Å². The van der Waals surface area contributed by atoms with Crippen LogP contribution >= 0.6 is 11.6 Å². The molecule has 0 aromatic rings. The second kappa shape index (κ2) is 4.99. The number of rotatable bonds is 5. The summed E-state index contributed by atoms with van der Waals surface area (Å²) in [6.07, 6.45) is 2.00. The topological polar surface area (TPSA) is 17.1 Å². The Labute approximate surface area is 86.9 Å². The summed E-state index contributed by atoms with van der Waals surface area (Å²) < 4.78 is 0. The van der Waals surface area contributed by atoms with Crippen molar-refractivity contribution in [3.63, 3.8) is 0 Å². The zero-order valence-corrected chi connectivity index (χ0v) is 10.1. The summed E-state index contributed by atoms with van der Waals surface area (Å²) in [6, 6.07) is 0. The normalized spacial score (nSPS) is 20.5. The molecule has 0 aliphatic carbocycles. The van der Waals surface area contributed by atoms with Crippen molar-refractivity contribution in [1.82, 2.24) is 0 Å². The van der Waals surface area contributed by atoms with Crippen LogP contribution in [-0.4, -0.2) is 5.24 Å². The quantitative estimate of drug-likeness (QED) is 0.622. The third-order valence-corrected chi connectivity index (χ3v) is 4.10. The van der Waals surface area contributed by atoms with E-state index >= 15 is 0 Å². The highest BCUT2D eigenvalue weighted by Gasteiger charge is 2.40. The minimum absolute atomic E-state index is 0.184.